The van der Waals surface area contributed by atoms with Crippen LogP contribution in [0.25, 0.3) is 0 Å². The number of rotatable bonds is 41. The number of carbonyl (C=O) groups is 2. The summed E-state index contributed by atoms with van der Waals surface area (Å²) in [6, 6.07) is 0. The Kier molecular flexibility index (Phi) is 37.5. The van der Waals surface area contributed by atoms with Gasteiger partial charge in [0.15, 0.2) is 6.10 Å². The summed E-state index contributed by atoms with van der Waals surface area (Å²) >= 11 is 0. The molecule has 0 aliphatic rings. The maximum absolute atomic E-state index is 12.7. The highest BCUT2D eigenvalue weighted by atomic mass is 31.2. The molecule has 0 saturated carbocycles. The zero-order valence-corrected chi connectivity index (χ0v) is 37.8. The predicted molar refractivity (Wildman–Crippen MR) is 234 cm³/mol. The number of ether oxygens (including phenoxy) is 2. The highest BCUT2D eigenvalue weighted by molar-refractivity contribution is 7.47. The number of hydrogen-bond donors (Lipinski definition) is 1. The van der Waals surface area contributed by atoms with Crippen molar-refractivity contribution in [3.8, 4) is 0 Å². The van der Waals surface area contributed by atoms with Crippen LogP contribution in [-0.2, 0) is 32.7 Å². The van der Waals surface area contributed by atoms with E-state index in [9.17, 15) is 19.0 Å². The lowest BCUT2D eigenvalue weighted by Crippen LogP contribution is -2.37. The first kappa shape index (κ1) is 54.2. The average Bonchev–Trinajstić information content (AvgIpc) is 3.15. The third kappa shape index (κ3) is 41.9. The Labute approximate surface area is 344 Å². The summed E-state index contributed by atoms with van der Waals surface area (Å²) in [5.41, 5.74) is 0. The minimum absolute atomic E-state index is 0.0266. The van der Waals surface area contributed by atoms with Crippen LogP contribution < -0.4 is 0 Å². The van der Waals surface area contributed by atoms with E-state index >= 15 is 0 Å². The Balaban J connectivity index is 4.38. The number of esters is 2. The molecule has 0 radical (unpaired) electrons. The van der Waals surface area contributed by atoms with Gasteiger partial charge < -0.3 is 18.9 Å². The average molecular weight is 813 g/mol. The second-order valence-corrected chi connectivity index (χ2v) is 17.9. The van der Waals surface area contributed by atoms with E-state index in [1.165, 1.54) is 109 Å². The van der Waals surface area contributed by atoms with Crippen LogP contribution in [0.2, 0.25) is 0 Å². The van der Waals surface area contributed by atoms with Crippen molar-refractivity contribution >= 4 is 19.8 Å². The Morgan fingerprint density at radius 2 is 0.964 bits per heavy atom. The van der Waals surface area contributed by atoms with Crippen LogP contribution in [0.5, 0.6) is 0 Å². The number of quaternary nitrogens is 1. The Morgan fingerprint density at radius 3 is 1.46 bits per heavy atom. The van der Waals surface area contributed by atoms with Gasteiger partial charge >= 0.3 is 19.8 Å². The molecule has 0 amide bonds. The zero-order chi connectivity index (χ0) is 41.4. The molecule has 0 aromatic rings. The van der Waals surface area contributed by atoms with Gasteiger partial charge in [0.05, 0.1) is 27.7 Å². The quantitative estimate of drug-likeness (QED) is 0.0214. The normalized spacial score (nSPS) is 13.9. The number of nitrogens with zero attached hydrogens (tertiary/aromatic N) is 1. The minimum Gasteiger partial charge on any atom is -0.462 e. The summed E-state index contributed by atoms with van der Waals surface area (Å²) < 4.78 is 34.3. The fraction of sp³-hybridized carbons (Fsp3) is 0.826. The number of phosphoric ester groups is 1. The number of allylic oxidation sites excluding steroid dienone is 6. The van der Waals surface area contributed by atoms with Crippen LogP contribution in [0.1, 0.15) is 194 Å². The lowest BCUT2D eigenvalue weighted by molar-refractivity contribution is -0.870. The summed E-state index contributed by atoms with van der Waals surface area (Å²) in [5, 5.41) is 0. The molecule has 9 nitrogen and oxygen atoms in total. The van der Waals surface area contributed by atoms with Crippen LogP contribution >= 0.6 is 7.82 Å². The smallest absolute Gasteiger partial charge is 0.462 e. The predicted octanol–water partition coefficient (Wildman–Crippen LogP) is 12.9. The molecular weight excluding hydrogens is 725 g/mol. The molecule has 1 N–H and O–H groups in total. The van der Waals surface area contributed by atoms with Gasteiger partial charge in [0.2, 0.25) is 0 Å². The van der Waals surface area contributed by atoms with Gasteiger partial charge in [-0.15, -0.1) is 0 Å². The molecule has 10 heteroatoms. The molecule has 0 heterocycles. The molecule has 56 heavy (non-hydrogen) atoms. The molecule has 328 valence electrons. The number of unbranched alkanes of at least 4 members (excludes halogenated alkanes) is 21. The van der Waals surface area contributed by atoms with E-state index in [0.717, 1.165) is 44.9 Å². The van der Waals surface area contributed by atoms with E-state index in [2.05, 4.69) is 50.3 Å². The maximum Gasteiger partial charge on any atom is 0.472 e. The highest BCUT2D eigenvalue weighted by Crippen LogP contribution is 2.43. The van der Waals surface area contributed by atoms with Crippen LogP contribution in [0.15, 0.2) is 36.5 Å². The van der Waals surface area contributed by atoms with E-state index in [4.69, 9.17) is 18.5 Å². The van der Waals surface area contributed by atoms with E-state index in [1.54, 1.807) is 0 Å². The molecule has 0 aromatic carbocycles. The second-order valence-electron chi connectivity index (χ2n) is 16.4. The molecular formula is C46H87NO8P+. The van der Waals surface area contributed by atoms with Gasteiger partial charge in [-0.25, -0.2) is 4.57 Å². The molecule has 0 fully saturated rings. The number of carbonyl (C=O) groups excluding carboxylic acids is 2. The standard InChI is InChI=1S/C46H86NO8P/c1-6-8-10-12-14-16-18-20-22-23-25-27-29-31-33-35-37-39-46(49)55-44(43-54-56(50,51)53-41-40-47(3,4)5)42-52-45(48)38-36-34-32-30-28-26-24-21-19-17-15-13-11-9-7-2/h15,17,21,24,28,30,44H,6-14,16,18-20,22-23,25-27,29,31-43H2,1-5H3/p+1/b17-15+,24-21+,30-28+/t44-/m1/s1. The van der Waals surface area contributed by atoms with Crippen molar-refractivity contribution < 1.29 is 42.1 Å². The number of hydrogen-bond acceptors (Lipinski definition) is 7. The SMILES string of the molecule is CCCCC/C=C/C/C=C/C/C=C/CCCCC(=O)OC[C@H](COP(=O)(O)OCC[N+](C)(C)C)OC(=O)CCCCCCCCCCCCCCCCCCC. The topological polar surface area (TPSA) is 108 Å². The fourth-order valence-corrected chi connectivity index (χ4v) is 6.82. The Hall–Kier alpha value is -1.77. The minimum atomic E-state index is -4.38. The van der Waals surface area contributed by atoms with Crippen molar-refractivity contribution in [1.29, 1.82) is 0 Å². The van der Waals surface area contributed by atoms with Crippen molar-refractivity contribution in [1.82, 2.24) is 0 Å². The summed E-state index contributed by atoms with van der Waals surface area (Å²) in [6.07, 6.45) is 43.3. The third-order valence-corrected chi connectivity index (χ3v) is 10.7. The van der Waals surface area contributed by atoms with E-state index in [1.807, 2.05) is 21.1 Å². The van der Waals surface area contributed by atoms with E-state index < -0.39 is 32.5 Å². The first-order valence-electron chi connectivity index (χ1n) is 22.7. The summed E-state index contributed by atoms with van der Waals surface area (Å²) in [5.74, 6) is -0.838. The summed E-state index contributed by atoms with van der Waals surface area (Å²) in [6.45, 7) is 4.36. The molecule has 0 aromatic heterocycles. The van der Waals surface area contributed by atoms with Gasteiger partial charge in [-0.3, -0.25) is 18.6 Å². The van der Waals surface area contributed by atoms with E-state index in [0.29, 0.717) is 23.9 Å². The number of likely N-dealkylation sites (N-methyl/N-ethyl adjacent to an activating group) is 1. The molecule has 0 rings (SSSR count). The van der Waals surface area contributed by atoms with Crippen LogP contribution in [0.4, 0.5) is 0 Å². The number of phosphoric acid groups is 1. The van der Waals surface area contributed by atoms with Crippen molar-refractivity contribution in [3.05, 3.63) is 36.5 Å². The molecule has 0 saturated heterocycles. The van der Waals surface area contributed by atoms with Crippen LogP contribution in [0.3, 0.4) is 0 Å². The molecule has 0 bridgehead atoms. The largest absolute Gasteiger partial charge is 0.472 e. The fourth-order valence-electron chi connectivity index (χ4n) is 6.08. The first-order chi connectivity index (χ1) is 27.0. The van der Waals surface area contributed by atoms with Gasteiger partial charge in [-0.2, -0.15) is 0 Å². The van der Waals surface area contributed by atoms with Crippen molar-refractivity contribution in [2.24, 2.45) is 0 Å². The molecule has 0 aliphatic heterocycles. The second kappa shape index (κ2) is 38.7. The van der Waals surface area contributed by atoms with Gasteiger partial charge in [0, 0.05) is 12.8 Å². The highest BCUT2D eigenvalue weighted by Gasteiger charge is 2.27. The van der Waals surface area contributed by atoms with Gasteiger partial charge in [0.25, 0.3) is 0 Å². The third-order valence-electron chi connectivity index (χ3n) is 9.67. The Bertz CT molecular complexity index is 1050. The van der Waals surface area contributed by atoms with Crippen molar-refractivity contribution in [2.75, 3.05) is 47.5 Å². The summed E-state index contributed by atoms with van der Waals surface area (Å²) in [4.78, 5) is 35.4. The molecule has 0 spiro atoms. The zero-order valence-electron chi connectivity index (χ0n) is 36.9. The van der Waals surface area contributed by atoms with Gasteiger partial charge in [-0.1, -0.05) is 166 Å². The van der Waals surface area contributed by atoms with Crippen LogP contribution in [-0.4, -0.2) is 74.9 Å². The maximum atomic E-state index is 12.7. The van der Waals surface area contributed by atoms with Crippen molar-refractivity contribution in [2.45, 2.75) is 200 Å². The van der Waals surface area contributed by atoms with Crippen LogP contribution in [0, 0.1) is 0 Å². The monoisotopic (exact) mass is 813 g/mol. The van der Waals surface area contributed by atoms with Gasteiger partial charge in [0.1, 0.15) is 19.8 Å². The Morgan fingerprint density at radius 1 is 0.554 bits per heavy atom. The molecule has 0 aliphatic carbocycles. The molecule has 2 atom stereocenters. The first-order valence-corrected chi connectivity index (χ1v) is 24.2. The lowest BCUT2D eigenvalue weighted by Gasteiger charge is -2.24. The van der Waals surface area contributed by atoms with Gasteiger partial charge in [-0.05, 0) is 51.4 Å². The molecule has 1 unspecified atom stereocenters. The van der Waals surface area contributed by atoms with Crippen molar-refractivity contribution in [3.63, 3.8) is 0 Å². The lowest BCUT2D eigenvalue weighted by atomic mass is 10.0. The summed E-state index contributed by atoms with van der Waals surface area (Å²) in [7, 11) is 1.46. The van der Waals surface area contributed by atoms with E-state index in [-0.39, 0.29) is 26.1 Å².